The molecule has 0 bridgehead atoms. The zero-order chi connectivity index (χ0) is 11.8. The SMILES string of the molecule is CCP(=O)(O)CC.CCP(=O)(O)CC. The maximum Gasteiger partial charge on any atom is 0.200 e. The Morgan fingerprint density at radius 3 is 0.857 bits per heavy atom. The van der Waals surface area contributed by atoms with Gasteiger partial charge in [0.15, 0.2) is 14.7 Å². The lowest BCUT2D eigenvalue weighted by Crippen LogP contribution is -1.84. The van der Waals surface area contributed by atoms with Gasteiger partial charge in [0.1, 0.15) is 0 Å². The summed E-state index contributed by atoms with van der Waals surface area (Å²) in [6, 6.07) is 0. The van der Waals surface area contributed by atoms with Crippen molar-refractivity contribution in [1.29, 1.82) is 0 Å². The molecule has 0 aromatic heterocycles. The molecule has 0 rings (SSSR count). The fourth-order valence-electron chi connectivity index (χ4n) is 0.447. The number of rotatable bonds is 4. The van der Waals surface area contributed by atoms with Crippen LogP contribution in [-0.2, 0) is 9.13 Å². The van der Waals surface area contributed by atoms with E-state index >= 15 is 0 Å². The molecule has 0 amide bonds. The summed E-state index contributed by atoms with van der Waals surface area (Å²) in [6.45, 7) is 6.91. The van der Waals surface area contributed by atoms with Crippen molar-refractivity contribution in [3.05, 3.63) is 0 Å². The quantitative estimate of drug-likeness (QED) is 0.745. The smallest absolute Gasteiger partial charge is 0.200 e. The van der Waals surface area contributed by atoms with Crippen LogP contribution in [0.2, 0.25) is 0 Å². The third-order valence-corrected chi connectivity index (χ3v) is 5.93. The molecule has 88 valence electrons. The molecule has 0 aromatic carbocycles. The minimum Gasteiger partial charge on any atom is -0.344 e. The molecule has 0 aliphatic heterocycles. The van der Waals surface area contributed by atoms with Crippen LogP contribution in [0.3, 0.4) is 0 Å². The molecule has 0 aromatic rings. The molecule has 0 saturated carbocycles. The Labute approximate surface area is 86.6 Å². The average molecular weight is 244 g/mol. The van der Waals surface area contributed by atoms with Crippen molar-refractivity contribution in [2.24, 2.45) is 0 Å². The molecule has 0 spiro atoms. The van der Waals surface area contributed by atoms with E-state index < -0.39 is 14.7 Å². The third kappa shape index (κ3) is 10.5. The Kier molecular flexibility index (Phi) is 9.17. The monoisotopic (exact) mass is 244 g/mol. The molecule has 14 heavy (non-hydrogen) atoms. The van der Waals surface area contributed by atoms with E-state index in [9.17, 15) is 9.13 Å². The van der Waals surface area contributed by atoms with Crippen LogP contribution in [0.4, 0.5) is 0 Å². The molecule has 0 unspecified atom stereocenters. The molecule has 6 heteroatoms. The van der Waals surface area contributed by atoms with Crippen LogP contribution in [-0.4, -0.2) is 34.4 Å². The van der Waals surface area contributed by atoms with Gasteiger partial charge in [-0.3, -0.25) is 9.13 Å². The van der Waals surface area contributed by atoms with Gasteiger partial charge in [0.25, 0.3) is 0 Å². The minimum absolute atomic E-state index is 0.406. The summed E-state index contributed by atoms with van der Waals surface area (Å²) in [5, 5.41) is 0. The maximum atomic E-state index is 10.5. The molecule has 0 radical (unpaired) electrons. The Morgan fingerprint density at radius 2 is 0.857 bits per heavy atom. The highest BCUT2D eigenvalue weighted by molar-refractivity contribution is 7.58. The molecule has 0 saturated heterocycles. The van der Waals surface area contributed by atoms with Gasteiger partial charge in [0.05, 0.1) is 0 Å². The van der Waals surface area contributed by atoms with Crippen molar-refractivity contribution in [2.45, 2.75) is 27.7 Å². The van der Waals surface area contributed by atoms with E-state index in [1.807, 2.05) is 0 Å². The van der Waals surface area contributed by atoms with E-state index in [0.717, 1.165) is 0 Å². The highest BCUT2D eigenvalue weighted by Gasteiger charge is 2.09. The first kappa shape index (κ1) is 16.8. The highest BCUT2D eigenvalue weighted by Crippen LogP contribution is 2.38. The summed E-state index contributed by atoms with van der Waals surface area (Å²) in [5.41, 5.74) is 0. The van der Waals surface area contributed by atoms with Gasteiger partial charge in [-0.05, 0) is 0 Å². The van der Waals surface area contributed by atoms with E-state index in [2.05, 4.69) is 0 Å². The predicted molar refractivity (Wildman–Crippen MR) is 61.8 cm³/mol. The van der Waals surface area contributed by atoms with Gasteiger partial charge in [-0.15, -0.1) is 0 Å². The van der Waals surface area contributed by atoms with Crippen molar-refractivity contribution in [3.63, 3.8) is 0 Å². The van der Waals surface area contributed by atoms with Crippen LogP contribution in [0.1, 0.15) is 27.7 Å². The van der Waals surface area contributed by atoms with Crippen molar-refractivity contribution < 1.29 is 18.9 Å². The van der Waals surface area contributed by atoms with Crippen LogP contribution < -0.4 is 0 Å². The van der Waals surface area contributed by atoms with Crippen LogP contribution in [0.25, 0.3) is 0 Å². The fraction of sp³-hybridized carbons (Fsp3) is 1.00. The van der Waals surface area contributed by atoms with E-state index in [0.29, 0.717) is 24.6 Å². The van der Waals surface area contributed by atoms with Crippen molar-refractivity contribution in [3.8, 4) is 0 Å². The molecule has 0 fully saturated rings. The average Bonchev–Trinajstić information content (AvgIpc) is 2.19. The lowest BCUT2D eigenvalue weighted by molar-refractivity contribution is 0.479. The van der Waals surface area contributed by atoms with Crippen LogP contribution in [0.5, 0.6) is 0 Å². The summed E-state index contributed by atoms with van der Waals surface area (Å²) in [5.74, 6) is 0. The Morgan fingerprint density at radius 1 is 0.714 bits per heavy atom. The Balaban J connectivity index is 0. The molecule has 4 nitrogen and oxygen atoms in total. The third-order valence-electron chi connectivity index (χ3n) is 1.98. The Hall–Kier alpha value is 0.380. The zero-order valence-corrected chi connectivity index (χ0v) is 11.2. The normalized spacial score (nSPS) is 11.9. The number of hydrogen-bond donors (Lipinski definition) is 2. The van der Waals surface area contributed by atoms with Gasteiger partial charge < -0.3 is 9.79 Å². The van der Waals surface area contributed by atoms with Gasteiger partial charge >= 0.3 is 0 Å². The first-order chi connectivity index (χ1) is 6.24. The molecular formula is C8H22O4P2. The minimum atomic E-state index is -2.65. The fourth-order valence-corrected chi connectivity index (χ4v) is 1.34. The largest absolute Gasteiger partial charge is 0.344 e. The van der Waals surface area contributed by atoms with E-state index in [-0.39, 0.29) is 0 Å². The second-order valence-electron chi connectivity index (χ2n) is 2.96. The number of hydrogen-bond acceptors (Lipinski definition) is 2. The van der Waals surface area contributed by atoms with E-state index in [1.54, 1.807) is 27.7 Å². The van der Waals surface area contributed by atoms with Crippen molar-refractivity contribution in [2.75, 3.05) is 24.6 Å². The van der Waals surface area contributed by atoms with Crippen LogP contribution >= 0.6 is 14.7 Å². The molecule has 0 heterocycles. The van der Waals surface area contributed by atoms with Gasteiger partial charge in [-0.25, -0.2) is 0 Å². The second-order valence-corrected chi connectivity index (χ2v) is 8.87. The van der Waals surface area contributed by atoms with E-state index in [1.165, 1.54) is 0 Å². The predicted octanol–water partition coefficient (Wildman–Crippen LogP) is 2.59. The first-order valence-corrected chi connectivity index (χ1v) is 8.92. The van der Waals surface area contributed by atoms with Crippen LogP contribution in [0, 0.1) is 0 Å². The standard InChI is InChI=1S/2C4H11O2P/c2*1-3-7(5,6)4-2/h2*3-4H2,1-2H3,(H,5,6). The molecule has 0 aliphatic rings. The maximum absolute atomic E-state index is 10.5. The van der Waals surface area contributed by atoms with Gasteiger partial charge in [-0.2, -0.15) is 0 Å². The van der Waals surface area contributed by atoms with Crippen molar-refractivity contribution in [1.82, 2.24) is 0 Å². The lowest BCUT2D eigenvalue weighted by atomic mass is 11.0. The zero-order valence-electron chi connectivity index (χ0n) is 9.43. The summed E-state index contributed by atoms with van der Waals surface area (Å²) in [4.78, 5) is 17.4. The summed E-state index contributed by atoms with van der Waals surface area (Å²) in [6.07, 6.45) is 1.62. The first-order valence-electron chi connectivity index (χ1n) is 4.86. The van der Waals surface area contributed by atoms with Gasteiger partial charge in [0, 0.05) is 24.6 Å². The van der Waals surface area contributed by atoms with E-state index in [4.69, 9.17) is 9.79 Å². The molecular weight excluding hydrogens is 222 g/mol. The Bertz CT molecular complexity index is 187. The topological polar surface area (TPSA) is 74.6 Å². The molecule has 0 aliphatic carbocycles. The molecule has 0 atom stereocenters. The summed E-state index contributed by atoms with van der Waals surface area (Å²) in [7, 11) is -5.31. The van der Waals surface area contributed by atoms with Gasteiger partial charge in [0.2, 0.25) is 0 Å². The summed E-state index contributed by atoms with van der Waals surface area (Å²) < 4.78 is 21.0. The second kappa shape index (κ2) is 7.64. The summed E-state index contributed by atoms with van der Waals surface area (Å²) >= 11 is 0. The molecule has 2 N–H and O–H groups in total. The lowest BCUT2D eigenvalue weighted by Gasteiger charge is -2.01. The highest BCUT2D eigenvalue weighted by atomic mass is 31.2. The van der Waals surface area contributed by atoms with Crippen molar-refractivity contribution >= 4 is 14.7 Å². The van der Waals surface area contributed by atoms with Gasteiger partial charge in [-0.1, -0.05) is 27.7 Å². The van der Waals surface area contributed by atoms with Crippen LogP contribution in [0.15, 0.2) is 0 Å².